The molecule has 6 N–H and O–H groups in total. The number of nitrogens with one attached hydrogen (secondary N) is 4. The molecule has 33 heavy (non-hydrogen) atoms. The zero-order valence-electron chi connectivity index (χ0n) is 19.5. The Morgan fingerprint density at radius 2 is 1.82 bits per heavy atom. The highest BCUT2D eigenvalue weighted by atomic mass is 16.3. The highest BCUT2D eigenvalue weighted by Gasteiger charge is 2.51. The number of aliphatic hydroxyl groups excluding tert-OH is 1. The maximum absolute atomic E-state index is 13.1. The molecule has 4 rings (SSSR count). The Hall–Kier alpha value is -1.84. The van der Waals surface area contributed by atoms with Gasteiger partial charge in [-0.3, -0.25) is 20.4 Å². The summed E-state index contributed by atoms with van der Waals surface area (Å²) in [5.74, 6) is -1.79. The van der Waals surface area contributed by atoms with Crippen LogP contribution >= 0.6 is 0 Å². The second-order valence-electron chi connectivity index (χ2n) is 10.3. The van der Waals surface area contributed by atoms with Gasteiger partial charge in [0.25, 0.3) is 5.91 Å². The van der Waals surface area contributed by atoms with Gasteiger partial charge in [-0.05, 0) is 70.4 Å². The minimum Gasteiger partial charge on any atom is -0.395 e. The van der Waals surface area contributed by atoms with Crippen LogP contribution in [-0.4, -0.2) is 59.3 Å². The summed E-state index contributed by atoms with van der Waals surface area (Å²) >= 11 is 0. The molecular formula is C25H38N4O4. The molecule has 1 spiro atoms. The van der Waals surface area contributed by atoms with Crippen LogP contribution in [0.3, 0.4) is 0 Å². The van der Waals surface area contributed by atoms with Gasteiger partial charge in [-0.25, -0.2) is 0 Å². The first-order chi connectivity index (χ1) is 15.8. The predicted octanol–water partition coefficient (Wildman–Crippen LogP) is 0.880. The molecule has 1 aromatic rings. The summed E-state index contributed by atoms with van der Waals surface area (Å²) < 4.78 is 0. The van der Waals surface area contributed by atoms with E-state index in [2.05, 4.69) is 45.8 Å². The highest BCUT2D eigenvalue weighted by molar-refractivity contribution is 6.37. The lowest BCUT2D eigenvalue weighted by atomic mass is 9.66. The topological polar surface area (TPSA) is 123 Å². The van der Waals surface area contributed by atoms with Crippen LogP contribution < -0.4 is 21.5 Å². The van der Waals surface area contributed by atoms with E-state index in [0.29, 0.717) is 12.8 Å². The number of hydrazine groups is 1. The van der Waals surface area contributed by atoms with Crippen molar-refractivity contribution >= 4 is 11.7 Å². The van der Waals surface area contributed by atoms with E-state index in [-0.39, 0.29) is 36.7 Å². The second kappa shape index (κ2) is 9.80. The van der Waals surface area contributed by atoms with Crippen molar-refractivity contribution in [3.63, 3.8) is 0 Å². The third kappa shape index (κ3) is 5.00. The maximum Gasteiger partial charge on any atom is 0.287 e. The monoisotopic (exact) mass is 458 g/mol. The Morgan fingerprint density at radius 1 is 1.12 bits per heavy atom. The maximum atomic E-state index is 13.1. The number of amides is 1. The molecule has 1 aliphatic heterocycles. The molecule has 2 atom stereocenters. The van der Waals surface area contributed by atoms with Crippen LogP contribution in [-0.2, 0) is 15.1 Å². The fraction of sp³-hybridized carbons (Fsp3) is 0.680. The van der Waals surface area contributed by atoms with Gasteiger partial charge >= 0.3 is 0 Å². The summed E-state index contributed by atoms with van der Waals surface area (Å²) in [5.41, 5.74) is 7.06. The van der Waals surface area contributed by atoms with E-state index >= 15 is 0 Å². The normalized spacial score (nSPS) is 31.7. The van der Waals surface area contributed by atoms with Gasteiger partial charge < -0.3 is 20.8 Å². The summed E-state index contributed by atoms with van der Waals surface area (Å²) in [6, 6.07) is 10.3. The molecule has 3 fully saturated rings. The number of benzene rings is 1. The Morgan fingerprint density at radius 3 is 2.39 bits per heavy atom. The highest BCUT2D eigenvalue weighted by Crippen LogP contribution is 2.46. The summed E-state index contributed by atoms with van der Waals surface area (Å²) in [6.45, 7) is -0.165. The summed E-state index contributed by atoms with van der Waals surface area (Å²) in [7, 11) is 2.02. The first-order valence-electron chi connectivity index (χ1n) is 12.3. The van der Waals surface area contributed by atoms with Crippen molar-refractivity contribution in [1.82, 2.24) is 21.5 Å². The average Bonchev–Trinajstić information content (AvgIpc) is 3.24. The Balaban J connectivity index is 1.45. The number of aliphatic hydroxyl groups is 2. The van der Waals surface area contributed by atoms with Crippen LogP contribution in [0.1, 0.15) is 63.4 Å². The first kappa shape index (κ1) is 24.3. The Labute approximate surface area is 195 Å². The van der Waals surface area contributed by atoms with E-state index in [1.807, 2.05) is 13.1 Å². The van der Waals surface area contributed by atoms with Crippen molar-refractivity contribution in [2.75, 3.05) is 20.2 Å². The molecule has 1 aromatic carbocycles. The molecule has 182 valence electrons. The van der Waals surface area contributed by atoms with Gasteiger partial charge in [0.05, 0.1) is 12.2 Å². The van der Waals surface area contributed by atoms with Crippen LogP contribution in [0, 0.1) is 5.92 Å². The third-order valence-corrected chi connectivity index (χ3v) is 8.33. The van der Waals surface area contributed by atoms with Crippen LogP contribution in [0.15, 0.2) is 30.3 Å². The number of carbonyl (C=O) groups is 2. The molecule has 8 heteroatoms. The van der Waals surface area contributed by atoms with Crippen molar-refractivity contribution in [3.05, 3.63) is 35.9 Å². The van der Waals surface area contributed by atoms with E-state index in [9.17, 15) is 14.7 Å². The smallest absolute Gasteiger partial charge is 0.287 e. The molecule has 1 saturated heterocycles. The van der Waals surface area contributed by atoms with Gasteiger partial charge in [-0.15, -0.1) is 0 Å². The van der Waals surface area contributed by atoms with Crippen LogP contribution in [0.2, 0.25) is 0 Å². The van der Waals surface area contributed by atoms with Crippen molar-refractivity contribution < 1.29 is 19.8 Å². The molecule has 2 saturated carbocycles. The van der Waals surface area contributed by atoms with Crippen molar-refractivity contribution in [3.8, 4) is 0 Å². The molecule has 1 amide bonds. The number of hydrogen-bond donors (Lipinski definition) is 6. The molecule has 0 aromatic heterocycles. The minimum atomic E-state index is -0.865. The quantitative estimate of drug-likeness (QED) is 0.304. The number of ketones is 1. The zero-order valence-corrected chi connectivity index (χ0v) is 19.5. The number of rotatable bonds is 9. The summed E-state index contributed by atoms with van der Waals surface area (Å²) in [6.07, 6.45) is 7.12. The van der Waals surface area contributed by atoms with Crippen LogP contribution in [0.5, 0.6) is 0 Å². The zero-order chi connectivity index (χ0) is 23.5. The molecule has 0 radical (unpaired) electrons. The molecule has 0 bridgehead atoms. The van der Waals surface area contributed by atoms with Crippen molar-refractivity contribution in [2.45, 2.75) is 80.5 Å². The third-order valence-electron chi connectivity index (χ3n) is 8.33. The summed E-state index contributed by atoms with van der Waals surface area (Å²) in [5, 5.41) is 25.8. The minimum absolute atomic E-state index is 0.0490. The molecule has 1 heterocycles. The molecular weight excluding hydrogens is 420 g/mol. The van der Waals surface area contributed by atoms with Gasteiger partial charge in [-0.1, -0.05) is 30.3 Å². The standard InChI is InChI=1S/C25H38N4O4/c1-26-25(18-6-3-2-4-7-18)12-10-23(11-13-25)17-20(28-29-23)19(16-24(33)8-5-9-24)21(31)22(32)27-14-15-30/h2-4,6-7,19-20,26,28-30,33H,5,8-17H2,1H3,(H,27,32)/t19?,20-,23?,25?/m0/s1. The second-order valence-corrected chi connectivity index (χ2v) is 10.3. The SMILES string of the molecule is CNC1(c2ccccc2)CCC2(CC1)C[C@@H](C(CC1(O)CCC1)C(=O)C(=O)NCCO)NN2. The fourth-order valence-electron chi connectivity index (χ4n) is 5.98. The Kier molecular flexibility index (Phi) is 7.21. The lowest BCUT2D eigenvalue weighted by Crippen LogP contribution is -2.53. The summed E-state index contributed by atoms with van der Waals surface area (Å²) in [4.78, 5) is 25.5. The fourth-order valence-corrected chi connectivity index (χ4v) is 5.98. The van der Waals surface area contributed by atoms with E-state index in [4.69, 9.17) is 5.11 Å². The average molecular weight is 459 g/mol. The van der Waals surface area contributed by atoms with E-state index < -0.39 is 23.2 Å². The molecule has 8 nitrogen and oxygen atoms in total. The molecule has 1 unspecified atom stereocenters. The van der Waals surface area contributed by atoms with Crippen molar-refractivity contribution in [1.29, 1.82) is 0 Å². The van der Waals surface area contributed by atoms with E-state index in [0.717, 1.165) is 38.5 Å². The molecule has 2 aliphatic carbocycles. The number of hydrogen-bond acceptors (Lipinski definition) is 7. The largest absolute Gasteiger partial charge is 0.395 e. The van der Waals surface area contributed by atoms with Gasteiger partial charge in [0.15, 0.2) is 0 Å². The van der Waals surface area contributed by atoms with Gasteiger partial charge in [0.2, 0.25) is 5.78 Å². The Bertz CT molecular complexity index is 834. The number of carbonyl (C=O) groups excluding carboxylic acids is 2. The molecule has 3 aliphatic rings. The van der Waals surface area contributed by atoms with E-state index in [1.165, 1.54) is 5.56 Å². The van der Waals surface area contributed by atoms with Gasteiger partial charge in [-0.2, -0.15) is 0 Å². The van der Waals surface area contributed by atoms with Crippen molar-refractivity contribution in [2.24, 2.45) is 5.92 Å². The van der Waals surface area contributed by atoms with Crippen LogP contribution in [0.25, 0.3) is 0 Å². The van der Waals surface area contributed by atoms with Gasteiger partial charge in [0.1, 0.15) is 0 Å². The van der Waals surface area contributed by atoms with E-state index in [1.54, 1.807) is 0 Å². The predicted molar refractivity (Wildman–Crippen MR) is 125 cm³/mol. The van der Waals surface area contributed by atoms with Gasteiger partial charge in [0, 0.05) is 29.6 Å². The first-order valence-corrected chi connectivity index (χ1v) is 12.3. The number of Topliss-reactive ketones (excluding diaryl/α,β-unsaturated/α-hetero) is 1. The lowest BCUT2D eigenvalue weighted by molar-refractivity contribution is -0.143. The van der Waals surface area contributed by atoms with Crippen LogP contribution in [0.4, 0.5) is 0 Å². The lowest BCUT2D eigenvalue weighted by Gasteiger charge is -2.45.